The SMILES string of the molecule is COC(=O)C1(CN2CCC(COc3noc4cccc(O[C@H]5CC[C@H](O)CC5)c34)CC2)CCOCC1. The van der Waals surface area contributed by atoms with Crippen LogP contribution in [0.15, 0.2) is 22.7 Å². The van der Waals surface area contributed by atoms with E-state index in [0.717, 1.165) is 69.3 Å². The predicted octanol–water partition coefficient (Wildman–Crippen LogP) is 3.57. The number of piperidine rings is 1. The molecule has 0 spiro atoms. The minimum Gasteiger partial charge on any atom is -0.489 e. The molecule has 3 heterocycles. The van der Waals surface area contributed by atoms with E-state index in [1.807, 2.05) is 18.2 Å². The fourth-order valence-corrected chi connectivity index (χ4v) is 5.81. The van der Waals surface area contributed by atoms with Crippen LogP contribution in [0.3, 0.4) is 0 Å². The molecule has 1 saturated carbocycles. The van der Waals surface area contributed by atoms with Crippen molar-refractivity contribution in [1.82, 2.24) is 10.1 Å². The summed E-state index contributed by atoms with van der Waals surface area (Å²) in [7, 11) is 1.48. The molecule has 9 heteroatoms. The summed E-state index contributed by atoms with van der Waals surface area (Å²) in [5, 5.41) is 14.8. The van der Waals surface area contributed by atoms with Crippen molar-refractivity contribution >= 4 is 16.9 Å². The summed E-state index contributed by atoms with van der Waals surface area (Å²) in [6.45, 7) is 4.36. The van der Waals surface area contributed by atoms with Crippen molar-refractivity contribution in [2.45, 2.75) is 63.6 Å². The monoisotopic (exact) mass is 502 g/mol. The first-order chi connectivity index (χ1) is 17.6. The van der Waals surface area contributed by atoms with Crippen LogP contribution in [-0.2, 0) is 14.3 Å². The Labute approximate surface area is 212 Å². The number of rotatable bonds is 8. The molecule has 0 atom stereocenters. The van der Waals surface area contributed by atoms with Crippen molar-refractivity contribution in [3.63, 3.8) is 0 Å². The van der Waals surface area contributed by atoms with Crippen molar-refractivity contribution in [1.29, 1.82) is 0 Å². The first-order valence-electron chi connectivity index (χ1n) is 13.3. The van der Waals surface area contributed by atoms with Gasteiger partial charge in [0.15, 0.2) is 5.58 Å². The maximum absolute atomic E-state index is 12.6. The minimum absolute atomic E-state index is 0.0788. The van der Waals surface area contributed by atoms with E-state index in [0.29, 0.717) is 50.0 Å². The second kappa shape index (κ2) is 11.4. The van der Waals surface area contributed by atoms with Gasteiger partial charge in [-0.15, -0.1) is 0 Å². The van der Waals surface area contributed by atoms with Crippen LogP contribution in [0.5, 0.6) is 11.6 Å². The van der Waals surface area contributed by atoms with Gasteiger partial charge in [0.1, 0.15) is 11.1 Å². The standard InChI is InChI=1S/C27H38N2O7/c1-32-26(31)27(11-15-33-16-12-27)18-29-13-9-19(10-14-29)17-34-25-24-22(3-2-4-23(24)36-28-25)35-21-7-5-20(30)6-8-21/h2-4,19-21,30H,5-18H2,1H3/t20-,21-. The second-order valence-corrected chi connectivity index (χ2v) is 10.6. The fraction of sp³-hybridized carbons (Fsp3) is 0.704. The number of benzene rings is 1. The molecule has 5 rings (SSSR count). The maximum atomic E-state index is 12.6. The average Bonchev–Trinajstić information content (AvgIpc) is 3.34. The molecule has 3 fully saturated rings. The third-order valence-electron chi connectivity index (χ3n) is 8.12. The molecule has 0 unspecified atom stereocenters. The number of methoxy groups -OCH3 is 1. The Morgan fingerprint density at radius 2 is 1.89 bits per heavy atom. The molecule has 1 aromatic heterocycles. The lowest BCUT2D eigenvalue weighted by atomic mass is 9.79. The van der Waals surface area contributed by atoms with Gasteiger partial charge in [-0.25, -0.2) is 0 Å². The van der Waals surface area contributed by atoms with Crippen LogP contribution < -0.4 is 9.47 Å². The summed E-state index contributed by atoms with van der Waals surface area (Å²) in [5.41, 5.74) is 0.195. The number of hydrogen-bond donors (Lipinski definition) is 1. The molecule has 1 aliphatic carbocycles. The van der Waals surface area contributed by atoms with Gasteiger partial charge in [-0.2, -0.15) is 0 Å². The summed E-state index contributed by atoms with van der Waals surface area (Å²) in [4.78, 5) is 15.0. The van der Waals surface area contributed by atoms with Crippen LogP contribution in [-0.4, -0.2) is 79.9 Å². The summed E-state index contributed by atoms with van der Waals surface area (Å²) < 4.78 is 28.6. The van der Waals surface area contributed by atoms with Gasteiger partial charge in [0.2, 0.25) is 0 Å². The van der Waals surface area contributed by atoms with Gasteiger partial charge in [-0.1, -0.05) is 6.07 Å². The molecule has 198 valence electrons. The van der Waals surface area contributed by atoms with Crippen molar-refractivity contribution in [3.8, 4) is 11.6 Å². The molecule has 1 aromatic carbocycles. The number of fused-ring (bicyclic) bond motifs is 1. The maximum Gasteiger partial charge on any atom is 0.313 e. The molecule has 2 aliphatic heterocycles. The van der Waals surface area contributed by atoms with E-state index < -0.39 is 5.41 Å². The summed E-state index contributed by atoms with van der Waals surface area (Å²) in [5.74, 6) is 1.50. The number of aliphatic hydroxyl groups excluding tert-OH is 1. The van der Waals surface area contributed by atoms with Crippen LogP contribution in [0.2, 0.25) is 0 Å². The zero-order valence-electron chi connectivity index (χ0n) is 21.2. The lowest BCUT2D eigenvalue weighted by Crippen LogP contribution is -2.49. The number of aromatic nitrogens is 1. The molecule has 36 heavy (non-hydrogen) atoms. The van der Waals surface area contributed by atoms with Crippen LogP contribution in [0.4, 0.5) is 0 Å². The Hall–Kier alpha value is -2.36. The van der Waals surface area contributed by atoms with Gasteiger partial charge < -0.3 is 33.5 Å². The molecule has 2 aromatic rings. The van der Waals surface area contributed by atoms with E-state index in [-0.39, 0.29) is 18.2 Å². The van der Waals surface area contributed by atoms with Crippen molar-refractivity contribution < 1.29 is 33.4 Å². The lowest BCUT2D eigenvalue weighted by molar-refractivity contribution is -0.160. The largest absolute Gasteiger partial charge is 0.489 e. The summed E-state index contributed by atoms with van der Waals surface area (Å²) in [6, 6.07) is 5.71. The van der Waals surface area contributed by atoms with Gasteiger partial charge in [0.05, 0.1) is 31.3 Å². The highest BCUT2D eigenvalue weighted by molar-refractivity contribution is 5.88. The van der Waals surface area contributed by atoms with Crippen LogP contribution >= 0.6 is 0 Å². The van der Waals surface area contributed by atoms with Gasteiger partial charge >= 0.3 is 5.97 Å². The van der Waals surface area contributed by atoms with Crippen LogP contribution in [0.1, 0.15) is 51.4 Å². The van der Waals surface area contributed by atoms with E-state index in [2.05, 4.69) is 10.1 Å². The molecule has 3 aliphatic rings. The molecule has 9 nitrogen and oxygen atoms in total. The minimum atomic E-state index is -0.456. The second-order valence-electron chi connectivity index (χ2n) is 10.6. The fourth-order valence-electron chi connectivity index (χ4n) is 5.81. The Morgan fingerprint density at radius 1 is 1.14 bits per heavy atom. The van der Waals surface area contributed by atoms with Gasteiger partial charge in [-0.3, -0.25) is 4.79 Å². The summed E-state index contributed by atoms with van der Waals surface area (Å²) in [6.07, 6.45) is 6.49. The normalized spacial score (nSPS) is 25.5. The smallest absolute Gasteiger partial charge is 0.313 e. The van der Waals surface area contributed by atoms with Crippen LogP contribution in [0, 0.1) is 11.3 Å². The van der Waals surface area contributed by atoms with Gasteiger partial charge in [0.25, 0.3) is 5.88 Å². The van der Waals surface area contributed by atoms with Crippen molar-refractivity contribution in [2.75, 3.05) is 46.6 Å². The van der Waals surface area contributed by atoms with Crippen molar-refractivity contribution in [3.05, 3.63) is 18.2 Å². The number of hydrogen-bond acceptors (Lipinski definition) is 9. The number of nitrogens with zero attached hydrogens (tertiary/aromatic N) is 2. The third kappa shape index (κ3) is 5.63. The van der Waals surface area contributed by atoms with E-state index >= 15 is 0 Å². The highest BCUT2D eigenvalue weighted by atomic mass is 16.5. The van der Waals surface area contributed by atoms with Crippen molar-refractivity contribution in [2.24, 2.45) is 11.3 Å². The van der Waals surface area contributed by atoms with E-state index in [1.54, 1.807) is 0 Å². The average molecular weight is 503 g/mol. The first kappa shape index (κ1) is 25.3. The van der Waals surface area contributed by atoms with E-state index in [4.69, 9.17) is 23.5 Å². The number of aliphatic hydroxyl groups is 1. The third-order valence-corrected chi connectivity index (χ3v) is 8.12. The summed E-state index contributed by atoms with van der Waals surface area (Å²) >= 11 is 0. The Kier molecular flexibility index (Phi) is 7.98. The Bertz CT molecular complexity index is 1000. The van der Waals surface area contributed by atoms with E-state index in [9.17, 15) is 9.90 Å². The number of carbonyl (C=O) groups is 1. The van der Waals surface area contributed by atoms with Crippen LogP contribution in [0.25, 0.3) is 11.0 Å². The number of carbonyl (C=O) groups excluding carboxylic acids is 1. The quantitative estimate of drug-likeness (QED) is 0.543. The molecule has 2 saturated heterocycles. The number of esters is 1. The first-order valence-corrected chi connectivity index (χ1v) is 13.3. The molecule has 0 amide bonds. The molecular formula is C27H38N2O7. The highest BCUT2D eigenvalue weighted by Gasteiger charge is 2.43. The van der Waals surface area contributed by atoms with Gasteiger partial charge in [0, 0.05) is 19.8 Å². The topological polar surface area (TPSA) is 103 Å². The van der Waals surface area contributed by atoms with E-state index in [1.165, 1.54) is 7.11 Å². The zero-order valence-corrected chi connectivity index (χ0v) is 21.2. The zero-order chi connectivity index (χ0) is 25.0. The Morgan fingerprint density at radius 3 is 2.61 bits per heavy atom. The predicted molar refractivity (Wildman–Crippen MR) is 132 cm³/mol. The molecule has 0 bridgehead atoms. The Balaban J connectivity index is 1.16. The van der Waals surface area contributed by atoms with Gasteiger partial charge in [-0.05, 0) is 87.7 Å². The molecule has 1 N–H and O–H groups in total. The number of likely N-dealkylation sites (tertiary alicyclic amines) is 1. The highest BCUT2D eigenvalue weighted by Crippen LogP contribution is 2.37. The molecular weight excluding hydrogens is 464 g/mol. The number of ether oxygens (including phenoxy) is 4. The lowest BCUT2D eigenvalue weighted by Gasteiger charge is -2.41. The molecule has 0 radical (unpaired) electrons.